The highest BCUT2D eigenvalue weighted by Crippen LogP contribution is 2.31. The monoisotopic (exact) mass is 473 g/mol. The predicted octanol–water partition coefficient (Wildman–Crippen LogP) is 5.67. The lowest BCUT2D eigenvalue weighted by atomic mass is 10.0. The average Bonchev–Trinajstić information content (AvgIpc) is 2.86. The van der Waals surface area contributed by atoms with Gasteiger partial charge >= 0.3 is 5.97 Å². The lowest BCUT2D eigenvalue weighted by Gasteiger charge is -2.12. The molecule has 0 fully saturated rings. The number of para-hydroxylation sites is 1. The first-order valence-corrected chi connectivity index (χ1v) is 10.7. The summed E-state index contributed by atoms with van der Waals surface area (Å²) in [6.45, 7) is 0.245. The smallest absolute Gasteiger partial charge is 0.377 e. The summed E-state index contributed by atoms with van der Waals surface area (Å²) in [7, 11) is 1.50. The van der Waals surface area contributed by atoms with Gasteiger partial charge < -0.3 is 14.6 Å². The first-order chi connectivity index (χ1) is 16.5. The molecule has 0 radical (unpaired) electrons. The van der Waals surface area contributed by atoms with E-state index in [1.165, 1.54) is 13.2 Å². The molecular formula is C27H20ClNO5. The third-order valence-electron chi connectivity index (χ3n) is 5.15. The zero-order valence-electron chi connectivity index (χ0n) is 18.2. The van der Waals surface area contributed by atoms with E-state index in [-0.39, 0.29) is 17.9 Å². The Kier molecular flexibility index (Phi) is 6.90. The summed E-state index contributed by atoms with van der Waals surface area (Å²) in [4.78, 5) is 28.5. The number of carbonyl (C=O) groups excluding carboxylic acids is 1. The molecule has 0 saturated carbocycles. The van der Waals surface area contributed by atoms with Crippen LogP contribution in [0.3, 0.4) is 0 Å². The van der Waals surface area contributed by atoms with Gasteiger partial charge in [0.1, 0.15) is 6.61 Å². The molecule has 4 rings (SSSR count). The van der Waals surface area contributed by atoms with E-state index in [0.717, 1.165) is 10.9 Å². The van der Waals surface area contributed by atoms with Gasteiger partial charge in [0.15, 0.2) is 11.5 Å². The van der Waals surface area contributed by atoms with Crippen LogP contribution >= 0.6 is 11.6 Å². The molecule has 0 bridgehead atoms. The van der Waals surface area contributed by atoms with E-state index in [0.29, 0.717) is 27.6 Å². The molecule has 4 aromatic rings. The van der Waals surface area contributed by atoms with Crippen molar-refractivity contribution in [1.29, 1.82) is 0 Å². The Morgan fingerprint density at radius 3 is 2.50 bits per heavy atom. The molecule has 6 nitrogen and oxygen atoms in total. The van der Waals surface area contributed by atoms with Gasteiger partial charge in [0.25, 0.3) is 5.78 Å². The van der Waals surface area contributed by atoms with Crippen LogP contribution in [0.2, 0.25) is 5.02 Å². The molecule has 0 spiro atoms. The van der Waals surface area contributed by atoms with E-state index >= 15 is 0 Å². The summed E-state index contributed by atoms with van der Waals surface area (Å²) in [5.74, 6) is -1.71. The van der Waals surface area contributed by atoms with Crippen LogP contribution in [0.25, 0.3) is 22.6 Å². The van der Waals surface area contributed by atoms with Crippen molar-refractivity contribution in [3.63, 3.8) is 0 Å². The summed E-state index contributed by atoms with van der Waals surface area (Å²) in [6.07, 6.45) is 1.48. The van der Waals surface area contributed by atoms with Gasteiger partial charge in [-0.3, -0.25) is 4.79 Å². The second-order valence-corrected chi connectivity index (χ2v) is 7.78. The number of hydrogen-bond acceptors (Lipinski definition) is 5. The Bertz CT molecular complexity index is 1410. The van der Waals surface area contributed by atoms with E-state index < -0.39 is 11.8 Å². The topological polar surface area (TPSA) is 85.7 Å². The van der Waals surface area contributed by atoms with Crippen molar-refractivity contribution in [1.82, 2.24) is 4.98 Å². The maximum absolute atomic E-state index is 12.5. The number of fused-ring (bicyclic) bond motifs is 1. The Hall–Kier alpha value is -4.16. The fourth-order valence-corrected chi connectivity index (χ4v) is 3.61. The van der Waals surface area contributed by atoms with Crippen molar-refractivity contribution in [2.45, 2.75) is 6.61 Å². The van der Waals surface area contributed by atoms with Gasteiger partial charge in [0, 0.05) is 16.0 Å². The van der Waals surface area contributed by atoms with Crippen molar-refractivity contribution in [3.8, 4) is 11.5 Å². The number of ether oxygens (including phenoxy) is 2. The number of aliphatic carboxylic acids is 1. The zero-order chi connectivity index (χ0) is 24.1. The molecule has 3 aromatic carbocycles. The normalized spacial score (nSPS) is 11.3. The molecule has 0 aliphatic rings. The lowest BCUT2D eigenvalue weighted by molar-refractivity contribution is -0.146. The second-order valence-electron chi connectivity index (χ2n) is 7.37. The number of carboxylic acid groups (broad SMARTS) is 1. The van der Waals surface area contributed by atoms with E-state index in [1.807, 2.05) is 36.4 Å². The van der Waals surface area contributed by atoms with Crippen molar-refractivity contribution in [2.75, 3.05) is 7.11 Å². The lowest BCUT2D eigenvalue weighted by Crippen LogP contribution is -2.15. The van der Waals surface area contributed by atoms with Crippen LogP contribution in [-0.4, -0.2) is 29.0 Å². The van der Waals surface area contributed by atoms with Gasteiger partial charge in [-0.15, -0.1) is 0 Å². The van der Waals surface area contributed by atoms with Gasteiger partial charge in [0.2, 0.25) is 0 Å². The fourth-order valence-electron chi connectivity index (χ4n) is 3.42. The molecule has 170 valence electrons. The second kappa shape index (κ2) is 10.2. The summed E-state index contributed by atoms with van der Waals surface area (Å²) in [5, 5.41) is 10.9. The van der Waals surface area contributed by atoms with Crippen molar-refractivity contribution >= 4 is 45.9 Å². The summed E-state index contributed by atoms with van der Waals surface area (Å²) < 4.78 is 11.3. The quantitative estimate of drug-likeness (QED) is 0.262. The molecule has 0 atom stereocenters. The van der Waals surface area contributed by atoms with Crippen LogP contribution in [0.1, 0.15) is 16.8 Å². The van der Waals surface area contributed by atoms with Crippen LogP contribution in [0.4, 0.5) is 0 Å². The SMILES string of the molecule is COc1cc(C=C(C(=O)C(=O)O)c2ccc3ccccc3n2)ccc1OCc1ccccc1Cl. The van der Waals surface area contributed by atoms with E-state index in [4.69, 9.17) is 21.1 Å². The summed E-state index contributed by atoms with van der Waals surface area (Å²) in [6, 6.07) is 23.3. The molecule has 34 heavy (non-hydrogen) atoms. The summed E-state index contributed by atoms with van der Waals surface area (Å²) in [5.41, 5.74) is 2.27. The molecule has 7 heteroatoms. The molecule has 0 aliphatic carbocycles. The number of benzene rings is 3. The number of hydrogen-bond donors (Lipinski definition) is 1. The predicted molar refractivity (Wildman–Crippen MR) is 131 cm³/mol. The first kappa shape index (κ1) is 23.0. The minimum absolute atomic E-state index is 0.0370. The highest BCUT2D eigenvalue weighted by molar-refractivity contribution is 6.52. The number of nitrogens with zero attached hydrogens (tertiary/aromatic N) is 1. The average molecular weight is 474 g/mol. The van der Waals surface area contributed by atoms with Gasteiger partial charge in [-0.1, -0.05) is 60.1 Å². The number of carboxylic acids is 1. The largest absolute Gasteiger partial charge is 0.493 e. The van der Waals surface area contributed by atoms with E-state index in [1.54, 1.807) is 42.5 Å². The number of ketones is 1. The van der Waals surface area contributed by atoms with Gasteiger partial charge in [-0.05, 0) is 42.0 Å². The van der Waals surface area contributed by atoms with Crippen LogP contribution in [-0.2, 0) is 16.2 Å². The minimum atomic E-state index is -1.56. The van der Waals surface area contributed by atoms with Crippen LogP contribution < -0.4 is 9.47 Å². The number of rotatable bonds is 8. The number of methoxy groups -OCH3 is 1. The Morgan fingerprint density at radius 2 is 1.74 bits per heavy atom. The van der Waals surface area contributed by atoms with Crippen LogP contribution in [0.5, 0.6) is 11.5 Å². The Labute approximate surface area is 201 Å². The molecule has 0 amide bonds. The van der Waals surface area contributed by atoms with Gasteiger partial charge in [0.05, 0.1) is 23.9 Å². The highest BCUT2D eigenvalue weighted by atomic mass is 35.5. The maximum Gasteiger partial charge on any atom is 0.377 e. The van der Waals surface area contributed by atoms with Crippen LogP contribution in [0, 0.1) is 0 Å². The Balaban J connectivity index is 1.68. The number of carbonyl (C=O) groups is 2. The van der Waals surface area contributed by atoms with Crippen molar-refractivity contribution in [3.05, 3.63) is 101 Å². The molecule has 1 heterocycles. The third-order valence-corrected chi connectivity index (χ3v) is 5.52. The summed E-state index contributed by atoms with van der Waals surface area (Å²) >= 11 is 6.19. The molecule has 1 aromatic heterocycles. The number of aromatic nitrogens is 1. The zero-order valence-corrected chi connectivity index (χ0v) is 19.0. The minimum Gasteiger partial charge on any atom is -0.493 e. The number of Topliss-reactive ketones (excluding diaryl/α,β-unsaturated/α-hetero) is 1. The Morgan fingerprint density at radius 1 is 0.971 bits per heavy atom. The standard InChI is InChI=1S/C27H20ClNO5/c1-33-25-15-17(10-13-24(25)34-16-19-7-2-4-8-21(19)28)14-20(26(30)27(31)32)23-12-11-18-6-3-5-9-22(18)29-23/h2-15H,16H2,1H3,(H,31,32). The molecule has 0 unspecified atom stereocenters. The van der Waals surface area contributed by atoms with Crippen molar-refractivity contribution in [2.24, 2.45) is 0 Å². The highest BCUT2D eigenvalue weighted by Gasteiger charge is 2.21. The molecule has 0 aliphatic heterocycles. The number of pyridine rings is 1. The van der Waals surface area contributed by atoms with Crippen molar-refractivity contribution < 1.29 is 24.2 Å². The van der Waals surface area contributed by atoms with Crippen LogP contribution in [0.15, 0.2) is 78.9 Å². The fraction of sp³-hybridized carbons (Fsp3) is 0.0741. The first-order valence-electron chi connectivity index (χ1n) is 10.4. The van der Waals surface area contributed by atoms with Gasteiger partial charge in [-0.2, -0.15) is 0 Å². The maximum atomic E-state index is 12.5. The molecule has 1 N–H and O–H groups in total. The molecular weight excluding hydrogens is 454 g/mol. The van der Waals surface area contributed by atoms with Gasteiger partial charge in [-0.25, -0.2) is 9.78 Å². The number of halogens is 1. The molecule has 0 saturated heterocycles. The third kappa shape index (κ3) is 5.08. The van der Waals surface area contributed by atoms with E-state index in [2.05, 4.69) is 4.98 Å². The van der Waals surface area contributed by atoms with E-state index in [9.17, 15) is 14.7 Å².